The quantitative estimate of drug-likeness (QED) is 0.932. The first kappa shape index (κ1) is 16.0. The van der Waals surface area contributed by atoms with E-state index in [1.807, 2.05) is 13.2 Å². The molecule has 0 spiro atoms. The summed E-state index contributed by atoms with van der Waals surface area (Å²) in [5.74, 6) is -0.750. The molecular weight excluding hydrogens is 321 g/mol. The molecule has 122 valence electrons. The fourth-order valence-electron chi connectivity index (χ4n) is 2.77. The van der Waals surface area contributed by atoms with Gasteiger partial charge < -0.3 is 10.1 Å². The van der Waals surface area contributed by atoms with E-state index in [2.05, 4.69) is 10.4 Å². The van der Waals surface area contributed by atoms with Crippen molar-refractivity contribution in [1.82, 2.24) is 15.1 Å². The molecule has 2 heterocycles. The van der Waals surface area contributed by atoms with Crippen LogP contribution in [0.4, 0.5) is 4.39 Å². The van der Waals surface area contributed by atoms with E-state index in [1.54, 1.807) is 16.9 Å². The molecule has 7 heteroatoms. The van der Waals surface area contributed by atoms with E-state index in [0.29, 0.717) is 13.0 Å². The summed E-state index contributed by atoms with van der Waals surface area (Å²) in [7, 11) is 1.83. The highest BCUT2D eigenvalue weighted by Crippen LogP contribution is 2.29. The lowest BCUT2D eigenvalue weighted by molar-refractivity contribution is -0.121. The minimum absolute atomic E-state index is 0.0955. The molecule has 1 aliphatic heterocycles. The Morgan fingerprint density at radius 2 is 2.39 bits per heavy atom. The number of hydrogen-bond acceptors (Lipinski definition) is 3. The number of rotatable bonds is 4. The second-order valence-corrected chi connectivity index (χ2v) is 5.99. The Hall–Kier alpha value is -1.92. The molecular formula is C16H17ClFN3O2. The highest BCUT2D eigenvalue weighted by atomic mass is 35.5. The normalized spacial score (nSPS) is 20.7. The van der Waals surface area contributed by atoms with Crippen molar-refractivity contribution >= 4 is 17.5 Å². The van der Waals surface area contributed by atoms with Gasteiger partial charge in [0.05, 0.1) is 18.7 Å². The number of carbonyl (C=O) groups is 1. The summed E-state index contributed by atoms with van der Waals surface area (Å²) in [5.41, 5.74) is 1.13. The van der Waals surface area contributed by atoms with Crippen LogP contribution in [0.15, 0.2) is 30.6 Å². The average Bonchev–Trinajstić information content (AvgIpc) is 3.12. The summed E-state index contributed by atoms with van der Waals surface area (Å²) < 4.78 is 21.2. The van der Waals surface area contributed by atoms with E-state index < -0.39 is 5.82 Å². The maximum absolute atomic E-state index is 13.8. The molecule has 3 rings (SSSR count). The molecule has 1 saturated heterocycles. The molecule has 0 unspecified atom stereocenters. The zero-order valence-corrected chi connectivity index (χ0v) is 13.4. The second kappa shape index (κ2) is 6.68. The number of aromatic nitrogens is 2. The fraction of sp³-hybridized carbons (Fsp3) is 0.375. The Kier molecular flexibility index (Phi) is 4.63. The van der Waals surface area contributed by atoms with Crippen molar-refractivity contribution < 1.29 is 13.9 Å². The molecule has 2 aromatic rings. The second-order valence-electron chi connectivity index (χ2n) is 5.58. The number of halogens is 2. The molecule has 1 amide bonds. The number of hydrogen-bond donors (Lipinski definition) is 1. The Morgan fingerprint density at radius 1 is 1.57 bits per heavy atom. The van der Waals surface area contributed by atoms with Crippen LogP contribution in [0.5, 0.6) is 0 Å². The van der Waals surface area contributed by atoms with Crippen LogP contribution in [-0.2, 0) is 23.0 Å². The van der Waals surface area contributed by atoms with E-state index in [0.717, 1.165) is 5.56 Å². The van der Waals surface area contributed by atoms with Gasteiger partial charge in [0.1, 0.15) is 11.9 Å². The first-order valence-electron chi connectivity index (χ1n) is 7.37. The summed E-state index contributed by atoms with van der Waals surface area (Å²) in [4.78, 5) is 12.2. The summed E-state index contributed by atoms with van der Waals surface area (Å²) >= 11 is 5.96. The topological polar surface area (TPSA) is 56.1 Å². The largest absolute Gasteiger partial charge is 0.371 e. The molecule has 2 atom stereocenters. The third kappa shape index (κ3) is 3.54. The zero-order valence-electron chi connectivity index (χ0n) is 12.6. The lowest BCUT2D eigenvalue weighted by Crippen LogP contribution is -2.37. The summed E-state index contributed by atoms with van der Waals surface area (Å²) in [6, 6.07) is 4.23. The first-order chi connectivity index (χ1) is 11.0. The number of ether oxygens (including phenoxy) is 1. The molecule has 1 N–H and O–H groups in total. The highest BCUT2D eigenvalue weighted by Gasteiger charge is 2.32. The van der Waals surface area contributed by atoms with Gasteiger partial charge in [0, 0.05) is 36.0 Å². The molecule has 1 fully saturated rings. The Bertz CT molecular complexity index is 699. The summed E-state index contributed by atoms with van der Waals surface area (Å²) in [6.07, 6.45) is 3.97. The number of carbonyl (C=O) groups excluding carboxylic acids is 1. The van der Waals surface area contributed by atoms with Crippen LogP contribution in [-0.4, -0.2) is 28.3 Å². The first-order valence-corrected chi connectivity index (χ1v) is 7.75. The van der Waals surface area contributed by atoms with Crippen LogP contribution in [0, 0.1) is 5.82 Å². The molecule has 0 aliphatic carbocycles. The minimum Gasteiger partial charge on any atom is -0.371 e. The smallest absolute Gasteiger partial charge is 0.224 e. The van der Waals surface area contributed by atoms with Crippen LogP contribution in [0.25, 0.3) is 0 Å². The van der Waals surface area contributed by atoms with Crippen LogP contribution in [0.3, 0.4) is 0 Å². The van der Waals surface area contributed by atoms with Gasteiger partial charge in [0.2, 0.25) is 5.91 Å². The summed E-state index contributed by atoms with van der Waals surface area (Å²) in [6.45, 7) is 0.560. The van der Waals surface area contributed by atoms with Crippen molar-refractivity contribution in [2.24, 2.45) is 7.05 Å². The van der Waals surface area contributed by atoms with Gasteiger partial charge in [-0.3, -0.25) is 9.48 Å². The molecule has 5 nitrogen and oxygen atoms in total. The van der Waals surface area contributed by atoms with Crippen molar-refractivity contribution in [2.45, 2.75) is 25.0 Å². The average molecular weight is 338 g/mol. The van der Waals surface area contributed by atoms with Crippen LogP contribution >= 0.6 is 11.6 Å². The zero-order chi connectivity index (χ0) is 16.4. The van der Waals surface area contributed by atoms with Crippen LogP contribution in [0.1, 0.15) is 23.7 Å². The predicted molar refractivity (Wildman–Crippen MR) is 83.6 cm³/mol. The van der Waals surface area contributed by atoms with Crippen molar-refractivity contribution in [1.29, 1.82) is 0 Å². The molecule has 0 bridgehead atoms. The van der Waals surface area contributed by atoms with E-state index in [9.17, 15) is 9.18 Å². The third-order valence-corrected chi connectivity index (χ3v) is 4.24. The molecule has 1 aliphatic rings. The molecule has 1 aromatic heterocycles. The lowest BCUT2D eigenvalue weighted by Gasteiger charge is -2.19. The maximum atomic E-state index is 13.8. The Balaban J connectivity index is 1.67. The monoisotopic (exact) mass is 337 g/mol. The summed E-state index contributed by atoms with van der Waals surface area (Å²) in [5, 5.41) is 7.29. The lowest BCUT2D eigenvalue weighted by atomic mass is 10.0. The maximum Gasteiger partial charge on any atom is 0.224 e. The Morgan fingerprint density at radius 3 is 3.09 bits per heavy atom. The van der Waals surface area contributed by atoms with Gasteiger partial charge in [-0.2, -0.15) is 5.10 Å². The van der Waals surface area contributed by atoms with Gasteiger partial charge >= 0.3 is 0 Å². The van der Waals surface area contributed by atoms with E-state index in [1.165, 1.54) is 12.1 Å². The molecule has 0 saturated carbocycles. The van der Waals surface area contributed by atoms with Gasteiger partial charge in [-0.05, 0) is 18.6 Å². The third-order valence-electron chi connectivity index (χ3n) is 3.89. The van der Waals surface area contributed by atoms with Gasteiger partial charge in [0.25, 0.3) is 0 Å². The van der Waals surface area contributed by atoms with E-state index in [4.69, 9.17) is 16.3 Å². The number of amides is 1. The van der Waals surface area contributed by atoms with Crippen molar-refractivity contribution in [3.8, 4) is 0 Å². The molecule has 1 aromatic carbocycles. The van der Waals surface area contributed by atoms with Crippen LogP contribution in [0.2, 0.25) is 5.02 Å². The van der Waals surface area contributed by atoms with Gasteiger partial charge in [0.15, 0.2) is 0 Å². The number of benzene rings is 1. The van der Waals surface area contributed by atoms with Gasteiger partial charge in [-0.1, -0.05) is 17.7 Å². The minimum atomic E-state index is -0.473. The molecule has 23 heavy (non-hydrogen) atoms. The Labute approximate surface area is 138 Å². The van der Waals surface area contributed by atoms with Crippen LogP contribution < -0.4 is 5.32 Å². The predicted octanol–water partition coefficient (Wildman–Crippen LogP) is 2.40. The van der Waals surface area contributed by atoms with E-state index in [-0.39, 0.29) is 35.1 Å². The van der Waals surface area contributed by atoms with Crippen molar-refractivity contribution in [2.75, 3.05) is 6.61 Å². The SMILES string of the molecule is Cn1cc([C@H]2OCC[C@@H]2NC(=O)Cc2c(F)cccc2Cl)cn1. The van der Waals surface area contributed by atoms with Gasteiger partial charge in [-0.15, -0.1) is 0 Å². The van der Waals surface area contributed by atoms with E-state index >= 15 is 0 Å². The van der Waals surface area contributed by atoms with Crippen molar-refractivity contribution in [3.05, 3.63) is 52.6 Å². The van der Waals surface area contributed by atoms with Gasteiger partial charge in [-0.25, -0.2) is 4.39 Å². The number of nitrogens with one attached hydrogen (secondary N) is 1. The molecule has 0 radical (unpaired) electrons. The standard InChI is InChI=1S/C16H17ClFN3O2/c1-21-9-10(8-19-21)16-14(5-6-23-16)20-15(22)7-11-12(17)3-2-4-13(11)18/h2-4,8-9,14,16H,5-7H2,1H3,(H,20,22)/t14-,16+/m0/s1. The highest BCUT2D eigenvalue weighted by molar-refractivity contribution is 6.31. The van der Waals surface area contributed by atoms with Crippen molar-refractivity contribution in [3.63, 3.8) is 0 Å². The number of aryl methyl sites for hydroxylation is 1. The number of nitrogens with zero attached hydrogens (tertiary/aromatic N) is 2. The fourth-order valence-corrected chi connectivity index (χ4v) is 3.00.